The van der Waals surface area contributed by atoms with Gasteiger partial charge in [0.2, 0.25) is 0 Å². The van der Waals surface area contributed by atoms with Gasteiger partial charge >= 0.3 is 0 Å². The van der Waals surface area contributed by atoms with E-state index in [4.69, 9.17) is 5.73 Å². The van der Waals surface area contributed by atoms with Gasteiger partial charge < -0.3 is 10.6 Å². The number of hydrogen-bond acceptors (Lipinski definition) is 4. The van der Waals surface area contributed by atoms with Gasteiger partial charge in [0.05, 0.1) is 5.56 Å². The average Bonchev–Trinajstić information content (AvgIpc) is 2.83. The van der Waals surface area contributed by atoms with Crippen LogP contribution in [0.25, 0.3) is 12.2 Å². The Morgan fingerprint density at radius 2 is 1.70 bits per heavy atom. The third-order valence-corrected chi connectivity index (χ3v) is 5.58. The predicted molar refractivity (Wildman–Crippen MR) is 120 cm³/mol. The smallest absolute Gasteiger partial charge is 0.255 e. The minimum atomic E-state index is 0.0461. The number of aromatic nitrogens is 2. The van der Waals surface area contributed by atoms with Gasteiger partial charge in [0.15, 0.2) is 0 Å². The van der Waals surface area contributed by atoms with E-state index in [2.05, 4.69) is 16.0 Å². The minimum absolute atomic E-state index is 0.0461. The predicted octanol–water partition coefficient (Wildman–Crippen LogP) is 4.13. The van der Waals surface area contributed by atoms with E-state index >= 15 is 0 Å². The zero-order chi connectivity index (χ0) is 20.8. The molecule has 1 aromatic carbocycles. The molecule has 1 amide bonds. The number of piperidine rings is 1. The number of nitrogens with two attached hydrogens (primary N) is 1. The summed E-state index contributed by atoms with van der Waals surface area (Å²) in [4.78, 5) is 23.5. The molecule has 0 radical (unpaired) electrons. The maximum atomic E-state index is 13.0. The molecule has 0 unspecified atom stereocenters. The van der Waals surface area contributed by atoms with Crippen molar-refractivity contribution in [2.75, 3.05) is 13.1 Å². The molecule has 0 atom stereocenters. The van der Waals surface area contributed by atoms with Gasteiger partial charge in [-0.2, -0.15) is 0 Å². The summed E-state index contributed by atoms with van der Waals surface area (Å²) in [6, 6.07) is 14.1. The molecule has 1 saturated heterocycles. The molecule has 1 aliphatic heterocycles. The first-order chi connectivity index (χ1) is 14.7. The van der Waals surface area contributed by atoms with E-state index in [1.54, 1.807) is 12.4 Å². The van der Waals surface area contributed by atoms with E-state index in [1.165, 1.54) is 5.56 Å². The van der Waals surface area contributed by atoms with Crippen molar-refractivity contribution in [1.82, 2.24) is 14.9 Å². The number of amides is 1. The molecule has 0 spiro atoms. The highest BCUT2D eigenvalue weighted by Gasteiger charge is 2.25. The van der Waals surface area contributed by atoms with Crippen molar-refractivity contribution in [3.05, 3.63) is 95.1 Å². The zero-order valence-electron chi connectivity index (χ0n) is 16.9. The fourth-order valence-electron chi connectivity index (χ4n) is 3.86. The maximum Gasteiger partial charge on any atom is 0.255 e. The molecule has 2 aromatic heterocycles. The second-order valence-electron chi connectivity index (χ2n) is 7.65. The topological polar surface area (TPSA) is 72.1 Å². The molecule has 0 saturated carbocycles. The normalized spacial score (nSPS) is 14.9. The lowest BCUT2D eigenvalue weighted by Gasteiger charge is -2.32. The first kappa shape index (κ1) is 20.0. The van der Waals surface area contributed by atoms with Gasteiger partial charge in [0.1, 0.15) is 0 Å². The molecule has 3 aromatic rings. The van der Waals surface area contributed by atoms with Gasteiger partial charge in [-0.25, -0.2) is 0 Å². The van der Waals surface area contributed by atoms with Crippen molar-refractivity contribution < 1.29 is 4.79 Å². The molecule has 1 fully saturated rings. The number of nitrogens with zero attached hydrogens (tertiary/aromatic N) is 3. The number of carbonyl (C=O) groups excluding carboxylic acids is 1. The van der Waals surface area contributed by atoms with E-state index in [9.17, 15) is 4.79 Å². The van der Waals surface area contributed by atoms with Crippen LogP contribution in [0.3, 0.4) is 0 Å². The first-order valence-corrected chi connectivity index (χ1v) is 10.3. The summed E-state index contributed by atoms with van der Waals surface area (Å²) in [6.45, 7) is 1.97. The highest BCUT2D eigenvalue weighted by atomic mass is 16.2. The fraction of sp³-hybridized carbons (Fsp3) is 0.240. The van der Waals surface area contributed by atoms with Gasteiger partial charge in [-0.15, -0.1) is 0 Å². The molecule has 3 heterocycles. The number of likely N-dealkylation sites (tertiary alicyclic amines) is 1. The van der Waals surface area contributed by atoms with Crippen LogP contribution in [0, 0.1) is 0 Å². The van der Waals surface area contributed by atoms with Gasteiger partial charge in [-0.3, -0.25) is 14.8 Å². The lowest BCUT2D eigenvalue weighted by Crippen LogP contribution is -2.38. The number of carbonyl (C=O) groups is 1. The second-order valence-corrected chi connectivity index (χ2v) is 7.65. The molecule has 2 N–H and O–H groups in total. The van der Waals surface area contributed by atoms with Crippen LogP contribution in [-0.2, 0) is 6.54 Å². The lowest BCUT2D eigenvalue weighted by atomic mass is 9.89. The minimum Gasteiger partial charge on any atom is -0.339 e. The van der Waals surface area contributed by atoms with Crippen molar-refractivity contribution in [1.29, 1.82) is 0 Å². The number of pyridine rings is 2. The molecule has 30 heavy (non-hydrogen) atoms. The van der Waals surface area contributed by atoms with E-state index in [0.717, 1.165) is 42.6 Å². The average molecular weight is 399 g/mol. The van der Waals surface area contributed by atoms with Crippen molar-refractivity contribution in [3.63, 3.8) is 0 Å². The van der Waals surface area contributed by atoms with Gasteiger partial charge in [0.25, 0.3) is 5.91 Å². The third kappa shape index (κ3) is 4.81. The standard InChI is InChI=1S/C25H26N4O/c26-14-21-13-23(17-28-16-21)22-8-10-29(11-9-22)25(30)24-12-20(15-27-18-24)7-6-19-4-2-1-3-5-19/h1-7,12-13,15-18,22H,8-11,14,26H2. The van der Waals surface area contributed by atoms with Crippen LogP contribution in [-0.4, -0.2) is 33.9 Å². The Bertz CT molecular complexity index is 1020. The molecule has 0 bridgehead atoms. The van der Waals surface area contributed by atoms with Crippen molar-refractivity contribution in [3.8, 4) is 0 Å². The zero-order valence-corrected chi connectivity index (χ0v) is 16.9. The molecular weight excluding hydrogens is 372 g/mol. The summed E-state index contributed by atoms with van der Waals surface area (Å²) in [6.07, 6.45) is 13.1. The summed E-state index contributed by atoms with van der Waals surface area (Å²) in [5, 5.41) is 0. The van der Waals surface area contributed by atoms with Crippen molar-refractivity contribution >= 4 is 18.1 Å². The van der Waals surface area contributed by atoms with E-state index in [0.29, 0.717) is 18.0 Å². The van der Waals surface area contributed by atoms with Crippen LogP contribution in [0.1, 0.15) is 51.4 Å². The van der Waals surface area contributed by atoms with Crippen LogP contribution >= 0.6 is 0 Å². The van der Waals surface area contributed by atoms with Crippen molar-refractivity contribution in [2.45, 2.75) is 25.3 Å². The largest absolute Gasteiger partial charge is 0.339 e. The Morgan fingerprint density at radius 1 is 0.967 bits per heavy atom. The number of rotatable bonds is 5. The van der Waals surface area contributed by atoms with Gasteiger partial charge in [-0.05, 0) is 47.1 Å². The van der Waals surface area contributed by atoms with Crippen LogP contribution < -0.4 is 5.73 Å². The van der Waals surface area contributed by atoms with Crippen LogP contribution in [0.15, 0.2) is 67.3 Å². The Hall–Kier alpha value is -3.31. The van der Waals surface area contributed by atoms with Crippen molar-refractivity contribution in [2.24, 2.45) is 5.73 Å². The molecule has 5 heteroatoms. The Morgan fingerprint density at radius 3 is 2.47 bits per heavy atom. The summed E-state index contributed by atoms with van der Waals surface area (Å²) >= 11 is 0. The van der Waals surface area contributed by atoms with E-state index in [-0.39, 0.29) is 5.91 Å². The van der Waals surface area contributed by atoms with Crippen LogP contribution in [0.5, 0.6) is 0 Å². The molecular formula is C25H26N4O. The van der Waals surface area contributed by atoms with Gasteiger partial charge in [-0.1, -0.05) is 48.6 Å². The van der Waals surface area contributed by atoms with E-state index in [1.807, 2.05) is 65.8 Å². The molecule has 1 aliphatic rings. The highest BCUT2D eigenvalue weighted by Crippen LogP contribution is 2.28. The molecule has 0 aliphatic carbocycles. The number of hydrogen-bond donors (Lipinski definition) is 1. The molecule has 5 nitrogen and oxygen atoms in total. The van der Waals surface area contributed by atoms with E-state index < -0.39 is 0 Å². The molecule has 4 rings (SSSR count). The monoisotopic (exact) mass is 398 g/mol. The fourth-order valence-corrected chi connectivity index (χ4v) is 3.86. The highest BCUT2D eigenvalue weighted by molar-refractivity contribution is 5.94. The summed E-state index contributed by atoms with van der Waals surface area (Å²) in [5.41, 5.74) is 10.7. The summed E-state index contributed by atoms with van der Waals surface area (Å²) < 4.78 is 0. The Labute approximate surface area is 177 Å². The SMILES string of the molecule is NCc1cncc(C2CCN(C(=O)c3cncc(C=Cc4ccccc4)c3)CC2)c1. The van der Waals surface area contributed by atoms with Gasteiger partial charge in [0, 0.05) is 44.4 Å². The summed E-state index contributed by atoms with van der Waals surface area (Å²) in [5.74, 6) is 0.469. The summed E-state index contributed by atoms with van der Waals surface area (Å²) in [7, 11) is 0. The second kappa shape index (κ2) is 9.46. The Kier molecular flexibility index (Phi) is 6.30. The quantitative estimate of drug-likeness (QED) is 0.702. The maximum absolute atomic E-state index is 13.0. The lowest BCUT2D eigenvalue weighted by molar-refractivity contribution is 0.0712. The number of benzene rings is 1. The Balaban J connectivity index is 1.40. The first-order valence-electron chi connectivity index (χ1n) is 10.3. The molecule has 152 valence electrons. The van der Waals surface area contributed by atoms with Crippen LogP contribution in [0.2, 0.25) is 0 Å². The van der Waals surface area contributed by atoms with Crippen LogP contribution in [0.4, 0.5) is 0 Å². The third-order valence-electron chi connectivity index (χ3n) is 5.58.